The molecule has 1 N–H and O–H groups in total. The molecule has 5 heteroatoms. The zero-order valence-corrected chi connectivity index (χ0v) is 13.0. The predicted octanol–water partition coefficient (Wildman–Crippen LogP) is 2.35. The van der Waals surface area contributed by atoms with Crippen LogP contribution >= 0.6 is 0 Å². The fraction of sp³-hybridized carbons (Fsp3) is 0.438. The molecule has 116 valence electrons. The second kappa shape index (κ2) is 9.69. The molecule has 0 saturated carbocycles. The molecule has 1 aliphatic carbocycles. The van der Waals surface area contributed by atoms with Crippen molar-refractivity contribution in [1.82, 2.24) is 4.90 Å². The minimum absolute atomic E-state index is 0.121. The molecule has 1 aliphatic rings. The highest BCUT2D eigenvalue weighted by Crippen LogP contribution is 2.13. The largest absolute Gasteiger partial charge is 0.478 e. The van der Waals surface area contributed by atoms with Crippen molar-refractivity contribution in [2.24, 2.45) is 0 Å². The number of rotatable bonds is 5. The molecule has 0 aliphatic heterocycles. The van der Waals surface area contributed by atoms with Crippen LogP contribution in [0.2, 0.25) is 0 Å². The van der Waals surface area contributed by atoms with Crippen molar-refractivity contribution in [1.29, 1.82) is 0 Å². The Morgan fingerprint density at radius 2 is 1.38 bits per heavy atom. The van der Waals surface area contributed by atoms with Crippen LogP contribution in [0.15, 0.2) is 35.6 Å². The zero-order chi connectivity index (χ0) is 16.4. The standard InChI is InChI=1S/C10H19NO2.C6H4O2/c1-5-9(8(4)10(12)13)11(6-2)7-3;7-5-1-2-6(8)4-3-5/h5-7H2,1-4H3,(H,12,13);1-4H. The first kappa shape index (κ1) is 18.8. The van der Waals surface area contributed by atoms with Crippen LogP contribution < -0.4 is 0 Å². The number of carboxylic acids is 1. The van der Waals surface area contributed by atoms with Crippen molar-refractivity contribution >= 4 is 17.5 Å². The summed E-state index contributed by atoms with van der Waals surface area (Å²) in [6.07, 6.45) is 5.79. The number of hydrogen-bond donors (Lipinski definition) is 1. The van der Waals surface area contributed by atoms with Gasteiger partial charge in [-0.05, 0) is 51.5 Å². The minimum Gasteiger partial charge on any atom is -0.478 e. The molecule has 0 amide bonds. The van der Waals surface area contributed by atoms with Gasteiger partial charge in [0.25, 0.3) is 0 Å². The van der Waals surface area contributed by atoms with E-state index in [1.165, 1.54) is 24.3 Å². The summed E-state index contributed by atoms with van der Waals surface area (Å²) in [5, 5.41) is 8.84. The van der Waals surface area contributed by atoms with Gasteiger partial charge in [-0.1, -0.05) is 6.92 Å². The van der Waals surface area contributed by atoms with E-state index >= 15 is 0 Å². The van der Waals surface area contributed by atoms with Gasteiger partial charge < -0.3 is 10.0 Å². The van der Waals surface area contributed by atoms with Gasteiger partial charge >= 0.3 is 5.97 Å². The lowest BCUT2D eigenvalue weighted by molar-refractivity contribution is -0.132. The van der Waals surface area contributed by atoms with Crippen LogP contribution in [0.3, 0.4) is 0 Å². The lowest BCUT2D eigenvalue weighted by Gasteiger charge is -2.24. The molecule has 0 bridgehead atoms. The van der Waals surface area contributed by atoms with Crippen molar-refractivity contribution in [3.8, 4) is 0 Å². The number of allylic oxidation sites excluding steroid dienone is 5. The Morgan fingerprint density at radius 1 is 1.00 bits per heavy atom. The van der Waals surface area contributed by atoms with E-state index < -0.39 is 5.97 Å². The molecular weight excluding hydrogens is 270 g/mol. The van der Waals surface area contributed by atoms with Crippen molar-refractivity contribution in [3.63, 3.8) is 0 Å². The van der Waals surface area contributed by atoms with Crippen LogP contribution in [-0.2, 0) is 14.4 Å². The highest BCUT2D eigenvalue weighted by molar-refractivity contribution is 6.14. The first-order valence-electron chi connectivity index (χ1n) is 6.99. The number of aliphatic carboxylic acids is 1. The predicted molar refractivity (Wildman–Crippen MR) is 81.8 cm³/mol. The monoisotopic (exact) mass is 293 g/mol. The average Bonchev–Trinajstić information content (AvgIpc) is 2.47. The molecule has 0 fully saturated rings. The maximum atomic E-state index is 10.8. The molecule has 0 spiro atoms. The van der Waals surface area contributed by atoms with E-state index in [9.17, 15) is 14.4 Å². The Balaban J connectivity index is 0.000000423. The quantitative estimate of drug-likeness (QED) is 0.622. The summed E-state index contributed by atoms with van der Waals surface area (Å²) in [6.45, 7) is 9.46. The van der Waals surface area contributed by atoms with Crippen molar-refractivity contribution in [2.75, 3.05) is 13.1 Å². The first-order chi connectivity index (χ1) is 9.87. The van der Waals surface area contributed by atoms with Crippen molar-refractivity contribution < 1.29 is 19.5 Å². The molecule has 0 unspecified atom stereocenters. The summed E-state index contributed by atoms with van der Waals surface area (Å²) >= 11 is 0. The Morgan fingerprint density at radius 3 is 1.62 bits per heavy atom. The third-order valence-corrected chi connectivity index (χ3v) is 3.06. The van der Waals surface area contributed by atoms with Gasteiger partial charge in [0.05, 0.1) is 5.57 Å². The van der Waals surface area contributed by atoms with E-state index in [1.54, 1.807) is 6.92 Å². The van der Waals surface area contributed by atoms with Crippen LogP contribution in [0.1, 0.15) is 34.1 Å². The van der Waals surface area contributed by atoms with Gasteiger partial charge in [-0.25, -0.2) is 4.79 Å². The van der Waals surface area contributed by atoms with Crippen molar-refractivity contribution in [3.05, 3.63) is 35.6 Å². The molecule has 0 aromatic rings. The second-order valence-electron chi connectivity index (χ2n) is 4.37. The molecule has 5 nitrogen and oxygen atoms in total. The molecule has 0 aromatic carbocycles. The van der Waals surface area contributed by atoms with Gasteiger partial charge in [0.15, 0.2) is 11.6 Å². The number of ketones is 2. The molecule has 0 radical (unpaired) electrons. The van der Waals surface area contributed by atoms with Gasteiger partial charge in [0.1, 0.15) is 0 Å². The SMILES string of the molecule is CCC(=C(C)C(=O)O)N(CC)CC.O=C1C=CC(=O)C=C1. The van der Waals surface area contributed by atoms with E-state index in [2.05, 4.69) is 4.90 Å². The van der Waals surface area contributed by atoms with Gasteiger partial charge in [0.2, 0.25) is 0 Å². The maximum Gasteiger partial charge on any atom is 0.333 e. The van der Waals surface area contributed by atoms with Crippen LogP contribution in [-0.4, -0.2) is 40.6 Å². The topological polar surface area (TPSA) is 74.7 Å². The Labute approximate surface area is 125 Å². The zero-order valence-electron chi connectivity index (χ0n) is 13.0. The third kappa shape index (κ3) is 6.70. The summed E-state index contributed by atoms with van der Waals surface area (Å²) in [5.41, 5.74) is 1.41. The molecule has 0 atom stereocenters. The summed E-state index contributed by atoms with van der Waals surface area (Å²) in [4.78, 5) is 33.4. The second-order valence-corrected chi connectivity index (χ2v) is 4.37. The molecule has 0 heterocycles. The average molecular weight is 293 g/mol. The summed E-state index contributed by atoms with van der Waals surface area (Å²) in [5.74, 6) is -1.06. The Hall–Kier alpha value is -2.17. The lowest BCUT2D eigenvalue weighted by atomic mass is 10.1. The van der Waals surface area contributed by atoms with E-state index in [0.29, 0.717) is 5.57 Å². The summed E-state index contributed by atoms with van der Waals surface area (Å²) < 4.78 is 0. The van der Waals surface area contributed by atoms with Crippen molar-refractivity contribution in [2.45, 2.75) is 34.1 Å². The fourth-order valence-corrected chi connectivity index (χ4v) is 1.89. The lowest BCUT2D eigenvalue weighted by Crippen LogP contribution is -2.24. The van der Waals surface area contributed by atoms with Gasteiger partial charge in [-0.2, -0.15) is 0 Å². The van der Waals surface area contributed by atoms with Crippen LogP contribution in [0.4, 0.5) is 0 Å². The molecule has 0 aromatic heterocycles. The van der Waals surface area contributed by atoms with Gasteiger partial charge in [-0.3, -0.25) is 9.59 Å². The summed E-state index contributed by atoms with van der Waals surface area (Å²) in [6, 6.07) is 0. The minimum atomic E-state index is -0.816. The van der Waals surface area contributed by atoms with E-state index in [0.717, 1.165) is 25.2 Å². The first-order valence-corrected chi connectivity index (χ1v) is 6.99. The van der Waals surface area contributed by atoms with Crippen LogP contribution in [0.5, 0.6) is 0 Å². The molecule has 1 rings (SSSR count). The van der Waals surface area contributed by atoms with E-state index in [4.69, 9.17) is 5.11 Å². The number of nitrogens with zero attached hydrogens (tertiary/aromatic N) is 1. The van der Waals surface area contributed by atoms with Gasteiger partial charge in [0, 0.05) is 18.8 Å². The summed E-state index contributed by atoms with van der Waals surface area (Å²) in [7, 11) is 0. The highest BCUT2D eigenvalue weighted by atomic mass is 16.4. The van der Waals surface area contributed by atoms with E-state index in [1.807, 2.05) is 20.8 Å². The Kier molecular flexibility index (Phi) is 8.69. The maximum absolute atomic E-state index is 10.8. The van der Waals surface area contributed by atoms with Crippen LogP contribution in [0.25, 0.3) is 0 Å². The number of carbonyl (C=O) groups is 3. The highest BCUT2D eigenvalue weighted by Gasteiger charge is 2.11. The molecule has 0 saturated heterocycles. The smallest absolute Gasteiger partial charge is 0.333 e. The third-order valence-electron chi connectivity index (χ3n) is 3.06. The van der Waals surface area contributed by atoms with Gasteiger partial charge in [-0.15, -0.1) is 0 Å². The van der Waals surface area contributed by atoms with Crippen LogP contribution in [0, 0.1) is 0 Å². The Bertz CT molecular complexity index is 445. The van der Waals surface area contributed by atoms with E-state index in [-0.39, 0.29) is 11.6 Å². The number of carbonyl (C=O) groups excluding carboxylic acids is 2. The number of hydrogen-bond acceptors (Lipinski definition) is 4. The normalized spacial score (nSPS) is 14.3. The molecule has 21 heavy (non-hydrogen) atoms. The number of carboxylic acid groups (broad SMARTS) is 1. The fourth-order valence-electron chi connectivity index (χ4n) is 1.89. The molecular formula is C16H23NO4.